The van der Waals surface area contributed by atoms with E-state index in [9.17, 15) is 4.79 Å². The molecule has 4 heteroatoms. The molecule has 1 amide bonds. The summed E-state index contributed by atoms with van der Waals surface area (Å²) in [5, 5.41) is 6.92. The van der Waals surface area contributed by atoms with Crippen LogP contribution in [0.2, 0.25) is 0 Å². The number of hydrogen-bond donors (Lipinski definition) is 2. The van der Waals surface area contributed by atoms with E-state index in [2.05, 4.69) is 5.32 Å². The molecule has 0 aromatic carbocycles. The molecular weight excluding hydrogens is 196 g/mol. The molecule has 0 atom stereocenters. The lowest BCUT2D eigenvalue weighted by molar-refractivity contribution is -0.120. The van der Waals surface area contributed by atoms with Gasteiger partial charge in [0.25, 0.3) is 0 Å². The Balaban J connectivity index is 2.05. The summed E-state index contributed by atoms with van der Waals surface area (Å²) in [5.74, 6) is 0.0847. The molecule has 0 spiro atoms. The highest BCUT2D eigenvalue weighted by Crippen LogP contribution is 2.45. The zero-order valence-corrected chi connectivity index (χ0v) is 8.99. The number of anilines is 1. The van der Waals surface area contributed by atoms with E-state index in [1.165, 1.54) is 0 Å². The molecule has 2 rings (SSSR count). The Kier molecular flexibility index (Phi) is 2.33. The molecule has 1 aromatic rings. The summed E-state index contributed by atoms with van der Waals surface area (Å²) in [6.45, 7) is 2.45. The van der Waals surface area contributed by atoms with Crippen molar-refractivity contribution in [3.05, 3.63) is 16.3 Å². The Bertz CT molecular complexity index is 355. The monoisotopic (exact) mass is 210 g/mol. The Labute approximate surface area is 87.3 Å². The number of thiophene rings is 1. The largest absolute Gasteiger partial charge is 0.329 e. The molecule has 76 valence electrons. The quantitative estimate of drug-likeness (QED) is 0.798. The molecule has 1 heterocycles. The van der Waals surface area contributed by atoms with E-state index >= 15 is 0 Å². The van der Waals surface area contributed by atoms with Crippen LogP contribution in [0.4, 0.5) is 5.69 Å². The zero-order valence-electron chi connectivity index (χ0n) is 8.17. The highest BCUT2D eigenvalue weighted by molar-refractivity contribution is 7.08. The number of rotatable bonds is 3. The lowest BCUT2D eigenvalue weighted by Crippen LogP contribution is -2.30. The Morgan fingerprint density at radius 2 is 2.36 bits per heavy atom. The van der Waals surface area contributed by atoms with Gasteiger partial charge in [-0.3, -0.25) is 4.79 Å². The molecular formula is C10H14N2OS. The van der Waals surface area contributed by atoms with Crippen molar-refractivity contribution >= 4 is 22.9 Å². The summed E-state index contributed by atoms with van der Waals surface area (Å²) in [4.78, 5) is 11.8. The number of aryl methyl sites for hydroxylation is 1. The molecule has 1 aliphatic carbocycles. The molecule has 3 N–H and O–H groups in total. The Morgan fingerprint density at radius 1 is 1.64 bits per heavy atom. The molecule has 0 bridgehead atoms. The van der Waals surface area contributed by atoms with Crippen LogP contribution in [0.25, 0.3) is 0 Å². The maximum absolute atomic E-state index is 11.8. The third kappa shape index (κ3) is 1.55. The van der Waals surface area contributed by atoms with E-state index in [4.69, 9.17) is 5.73 Å². The van der Waals surface area contributed by atoms with Gasteiger partial charge < -0.3 is 11.1 Å². The Hall–Kier alpha value is -0.870. The summed E-state index contributed by atoms with van der Waals surface area (Å²) < 4.78 is 0. The van der Waals surface area contributed by atoms with E-state index in [1.54, 1.807) is 11.3 Å². The maximum Gasteiger partial charge on any atom is 0.231 e. The van der Waals surface area contributed by atoms with Crippen molar-refractivity contribution in [3.63, 3.8) is 0 Å². The lowest BCUT2D eigenvalue weighted by atomic mass is 10.1. The number of amides is 1. The lowest BCUT2D eigenvalue weighted by Gasteiger charge is -2.12. The van der Waals surface area contributed by atoms with Crippen LogP contribution < -0.4 is 11.1 Å². The molecule has 0 radical (unpaired) electrons. The molecule has 0 saturated heterocycles. The van der Waals surface area contributed by atoms with Gasteiger partial charge >= 0.3 is 0 Å². The van der Waals surface area contributed by atoms with Crippen LogP contribution in [-0.4, -0.2) is 12.5 Å². The number of hydrogen-bond acceptors (Lipinski definition) is 3. The first kappa shape index (κ1) is 9.68. The van der Waals surface area contributed by atoms with Crippen molar-refractivity contribution in [2.45, 2.75) is 19.8 Å². The van der Waals surface area contributed by atoms with Crippen molar-refractivity contribution in [3.8, 4) is 0 Å². The first-order valence-corrected chi connectivity index (χ1v) is 5.66. The van der Waals surface area contributed by atoms with Crippen molar-refractivity contribution in [2.75, 3.05) is 11.9 Å². The summed E-state index contributed by atoms with van der Waals surface area (Å²) >= 11 is 1.60. The first-order valence-electron chi connectivity index (χ1n) is 4.72. The maximum atomic E-state index is 11.8. The molecule has 3 nitrogen and oxygen atoms in total. The second-order valence-electron chi connectivity index (χ2n) is 3.91. The molecule has 1 fully saturated rings. The molecule has 0 unspecified atom stereocenters. The van der Waals surface area contributed by atoms with Crippen LogP contribution in [0.5, 0.6) is 0 Å². The van der Waals surface area contributed by atoms with Crippen molar-refractivity contribution < 1.29 is 4.79 Å². The highest BCUT2D eigenvalue weighted by Gasteiger charge is 2.48. The van der Waals surface area contributed by atoms with Crippen LogP contribution in [0.1, 0.15) is 18.4 Å². The minimum Gasteiger partial charge on any atom is -0.329 e. The van der Waals surface area contributed by atoms with Gasteiger partial charge in [-0.05, 0) is 30.7 Å². The summed E-state index contributed by atoms with van der Waals surface area (Å²) in [6, 6.07) is 0. The van der Waals surface area contributed by atoms with Gasteiger partial charge in [0.15, 0.2) is 0 Å². The van der Waals surface area contributed by atoms with Crippen molar-refractivity contribution in [2.24, 2.45) is 11.1 Å². The number of carbonyl (C=O) groups excluding carboxylic acids is 1. The minimum atomic E-state index is -0.256. The SMILES string of the molecule is Cc1cscc1NC(=O)C1(CN)CC1. The van der Waals surface area contributed by atoms with E-state index in [-0.39, 0.29) is 11.3 Å². The molecule has 1 saturated carbocycles. The third-order valence-electron chi connectivity index (χ3n) is 2.83. The minimum absolute atomic E-state index is 0.0847. The number of nitrogens with two attached hydrogens (primary N) is 1. The molecule has 1 aliphatic rings. The van der Waals surface area contributed by atoms with Crippen molar-refractivity contribution in [1.82, 2.24) is 0 Å². The van der Waals surface area contributed by atoms with Gasteiger partial charge in [0.05, 0.1) is 11.1 Å². The van der Waals surface area contributed by atoms with Crippen LogP contribution in [0.15, 0.2) is 10.8 Å². The fourth-order valence-corrected chi connectivity index (χ4v) is 2.20. The highest BCUT2D eigenvalue weighted by atomic mass is 32.1. The summed E-state index contributed by atoms with van der Waals surface area (Å²) in [7, 11) is 0. The molecule has 1 aromatic heterocycles. The predicted molar refractivity (Wildman–Crippen MR) is 58.4 cm³/mol. The van der Waals surface area contributed by atoms with Gasteiger partial charge in [-0.1, -0.05) is 0 Å². The van der Waals surface area contributed by atoms with Gasteiger partial charge in [-0.25, -0.2) is 0 Å². The van der Waals surface area contributed by atoms with Gasteiger partial charge in [0.2, 0.25) is 5.91 Å². The van der Waals surface area contributed by atoms with Gasteiger partial charge in [0.1, 0.15) is 0 Å². The average molecular weight is 210 g/mol. The number of carbonyl (C=O) groups is 1. The van der Waals surface area contributed by atoms with Crippen LogP contribution in [-0.2, 0) is 4.79 Å². The molecule has 14 heavy (non-hydrogen) atoms. The normalized spacial score (nSPS) is 17.9. The van der Waals surface area contributed by atoms with Crippen LogP contribution in [0, 0.1) is 12.3 Å². The predicted octanol–water partition coefficient (Wildman–Crippen LogP) is 1.73. The van der Waals surface area contributed by atoms with Gasteiger partial charge in [-0.2, -0.15) is 0 Å². The van der Waals surface area contributed by atoms with E-state index < -0.39 is 0 Å². The van der Waals surface area contributed by atoms with E-state index in [0.717, 1.165) is 24.1 Å². The number of nitrogens with one attached hydrogen (secondary N) is 1. The van der Waals surface area contributed by atoms with Gasteiger partial charge in [0, 0.05) is 11.9 Å². The smallest absolute Gasteiger partial charge is 0.231 e. The molecule has 0 aliphatic heterocycles. The fraction of sp³-hybridized carbons (Fsp3) is 0.500. The standard InChI is InChI=1S/C10H14N2OS/c1-7-4-14-5-8(7)12-9(13)10(6-11)2-3-10/h4-5H,2-3,6,11H2,1H3,(H,12,13). The van der Waals surface area contributed by atoms with Gasteiger partial charge in [-0.15, -0.1) is 11.3 Å². The topological polar surface area (TPSA) is 55.1 Å². The Morgan fingerprint density at radius 3 is 2.79 bits per heavy atom. The second kappa shape index (κ2) is 3.37. The van der Waals surface area contributed by atoms with E-state index in [1.807, 2.05) is 17.7 Å². The van der Waals surface area contributed by atoms with Crippen LogP contribution >= 0.6 is 11.3 Å². The van der Waals surface area contributed by atoms with E-state index in [0.29, 0.717) is 6.54 Å². The van der Waals surface area contributed by atoms with Crippen molar-refractivity contribution in [1.29, 1.82) is 0 Å². The summed E-state index contributed by atoms with van der Waals surface area (Å²) in [6.07, 6.45) is 1.86. The average Bonchev–Trinajstić information content (AvgIpc) is 2.89. The second-order valence-corrected chi connectivity index (χ2v) is 4.65. The zero-order chi connectivity index (χ0) is 10.2. The third-order valence-corrected chi connectivity index (χ3v) is 3.69. The van der Waals surface area contributed by atoms with Crippen LogP contribution in [0.3, 0.4) is 0 Å². The first-order chi connectivity index (χ1) is 6.68. The summed E-state index contributed by atoms with van der Waals surface area (Å²) in [5.41, 5.74) is 7.37. The fourth-order valence-electron chi connectivity index (χ4n) is 1.42.